The molecule has 1 aliphatic rings. The number of alkyl halides is 3. The summed E-state index contributed by atoms with van der Waals surface area (Å²) in [5.41, 5.74) is 1.75. The fourth-order valence-electron chi connectivity index (χ4n) is 5.42. The highest BCUT2D eigenvalue weighted by Crippen LogP contribution is 2.47. The third kappa shape index (κ3) is 6.04. The minimum Gasteiger partial charge on any atom is -0.368 e. The van der Waals surface area contributed by atoms with Gasteiger partial charge in [-0.05, 0) is 60.4 Å². The number of nitrogens with two attached hydrogens (primary N) is 1. The Morgan fingerprint density at radius 3 is 2.53 bits per heavy atom. The summed E-state index contributed by atoms with van der Waals surface area (Å²) in [5.74, 6) is -6.38. The van der Waals surface area contributed by atoms with Gasteiger partial charge in [-0.2, -0.15) is 17.5 Å². The van der Waals surface area contributed by atoms with Crippen LogP contribution in [0.2, 0.25) is 5.02 Å². The Balaban J connectivity index is 1.47. The molecule has 0 fully saturated rings. The van der Waals surface area contributed by atoms with E-state index in [0.29, 0.717) is 4.70 Å². The number of rotatable bonds is 8. The molecule has 6 rings (SSSR count). The molecule has 4 amide bonds. The van der Waals surface area contributed by atoms with Gasteiger partial charge in [-0.1, -0.05) is 17.7 Å². The van der Waals surface area contributed by atoms with E-state index in [1.54, 1.807) is 0 Å². The zero-order valence-corrected chi connectivity index (χ0v) is 26.3. The third-order valence-electron chi connectivity index (χ3n) is 7.69. The number of halogens is 6. The molecule has 1 atom stereocenters. The molecule has 0 bridgehead atoms. The van der Waals surface area contributed by atoms with Crippen molar-refractivity contribution >= 4 is 68.4 Å². The van der Waals surface area contributed by atoms with E-state index in [1.165, 1.54) is 25.1 Å². The van der Waals surface area contributed by atoms with Gasteiger partial charge in [0.15, 0.2) is 5.82 Å². The van der Waals surface area contributed by atoms with E-state index in [9.17, 15) is 36.7 Å². The molecule has 5 aromatic rings. The number of hydrogen-bond acceptors (Lipinski definition) is 8. The fourth-order valence-corrected chi connectivity index (χ4v) is 6.38. The van der Waals surface area contributed by atoms with Crippen molar-refractivity contribution in [1.82, 2.24) is 24.2 Å². The normalized spacial score (nSPS) is 15.6. The van der Waals surface area contributed by atoms with Crippen LogP contribution in [0.3, 0.4) is 0 Å². The van der Waals surface area contributed by atoms with E-state index in [2.05, 4.69) is 30.3 Å². The maximum atomic E-state index is 15.0. The number of aromatic nitrogens is 4. The standard InChI is InChI=1S/C30H20ClF5N8O4S/c1-29(16-6-13(31)7-17(33)22(16)40-28(29)48)23-24(42-26(46)21-15-8-14(32)3-4-18(15)49-43-21)41-25(44(23)11-20(37)45)27(47)39-10-12-2-5-19(38-9-12)30(34,35)36/h2-9H,10-11H2,1H3,(H2,37,45)(H,39,47)(H,40,48)(H,42,46)/t29-/m1/s1. The van der Waals surface area contributed by atoms with Gasteiger partial charge in [-0.3, -0.25) is 24.2 Å². The van der Waals surface area contributed by atoms with Crippen molar-refractivity contribution in [3.63, 3.8) is 0 Å². The lowest BCUT2D eigenvalue weighted by atomic mass is 9.80. The van der Waals surface area contributed by atoms with Gasteiger partial charge in [0.2, 0.25) is 17.6 Å². The molecule has 1 aliphatic heterocycles. The summed E-state index contributed by atoms with van der Waals surface area (Å²) in [4.78, 5) is 60.9. The molecule has 4 heterocycles. The second kappa shape index (κ2) is 12.2. The Morgan fingerprint density at radius 2 is 1.86 bits per heavy atom. The van der Waals surface area contributed by atoms with Crippen molar-refractivity contribution in [2.75, 3.05) is 10.6 Å². The molecule has 252 valence electrons. The second-order valence-electron chi connectivity index (χ2n) is 10.9. The lowest BCUT2D eigenvalue weighted by molar-refractivity contribution is -0.141. The smallest absolute Gasteiger partial charge is 0.368 e. The van der Waals surface area contributed by atoms with Gasteiger partial charge in [-0.25, -0.2) is 13.8 Å². The molecule has 19 heteroatoms. The summed E-state index contributed by atoms with van der Waals surface area (Å²) in [5, 5.41) is 7.39. The molecule has 2 aromatic carbocycles. The van der Waals surface area contributed by atoms with Crippen LogP contribution in [0.1, 0.15) is 50.5 Å². The molecular formula is C30H20ClF5N8O4S. The Bertz CT molecular complexity index is 2200. The van der Waals surface area contributed by atoms with Crippen molar-refractivity contribution in [3.8, 4) is 0 Å². The maximum Gasteiger partial charge on any atom is 0.433 e. The Hall–Kier alpha value is -5.49. The van der Waals surface area contributed by atoms with Gasteiger partial charge in [0.25, 0.3) is 11.8 Å². The van der Waals surface area contributed by atoms with Crippen molar-refractivity contribution in [3.05, 3.63) is 99.4 Å². The quantitative estimate of drug-likeness (QED) is 0.167. The summed E-state index contributed by atoms with van der Waals surface area (Å²) in [6.45, 7) is 0.175. The summed E-state index contributed by atoms with van der Waals surface area (Å²) >= 11 is 7.05. The van der Waals surface area contributed by atoms with Crippen LogP contribution in [0.5, 0.6) is 0 Å². The number of hydrogen-bond donors (Lipinski definition) is 4. The average molecular weight is 719 g/mol. The predicted octanol–water partition coefficient (Wildman–Crippen LogP) is 4.76. The summed E-state index contributed by atoms with van der Waals surface area (Å²) in [7, 11) is 0. The van der Waals surface area contributed by atoms with Gasteiger partial charge in [-0.15, -0.1) is 0 Å². The number of benzene rings is 2. The van der Waals surface area contributed by atoms with Crippen LogP contribution in [0.25, 0.3) is 10.1 Å². The zero-order valence-electron chi connectivity index (χ0n) is 24.7. The molecule has 3 aromatic heterocycles. The maximum absolute atomic E-state index is 15.0. The van der Waals surface area contributed by atoms with Gasteiger partial charge in [0.05, 0.1) is 16.1 Å². The molecule has 0 aliphatic carbocycles. The number of nitrogens with one attached hydrogen (secondary N) is 3. The minimum atomic E-state index is -4.69. The lowest BCUT2D eigenvalue weighted by Crippen LogP contribution is -2.38. The molecule has 0 unspecified atom stereocenters. The van der Waals surface area contributed by atoms with Crippen molar-refractivity contribution in [2.24, 2.45) is 5.73 Å². The average Bonchev–Trinajstić information content (AvgIpc) is 3.68. The minimum absolute atomic E-state index is 0.0346. The molecule has 0 radical (unpaired) electrons. The van der Waals surface area contributed by atoms with Crippen molar-refractivity contribution < 1.29 is 41.1 Å². The monoisotopic (exact) mass is 718 g/mol. The van der Waals surface area contributed by atoms with Gasteiger partial charge >= 0.3 is 6.18 Å². The van der Waals surface area contributed by atoms with E-state index in [1.807, 2.05) is 0 Å². The molecule has 5 N–H and O–H groups in total. The van der Waals surface area contributed by atoms with E-state index >= 15 is 4.39 Å². The highest BCUT2D eigenvalue weighted by molar-refractivity contribution is 7.13. The Kier molecular flexibility index (Phi) is 8.31. The number of pyridine rings is 1. The highest BCUT2D eigenvalue weighted by Gasteiger charge is 2.50. The first kappa shape index (κ1) is 33.4. The molecule has 0 spiro atoms. The largest absolute Gasteiger partial charge is 0.433 e. The first-order valence-corrected chi connectivity index (χ1v) is 15.1. The van der Waals surface area contributed by atoms with Gasteiger partial charge < -0.3 is 26.3 Å². The first-order chi connectivity index (χ1) is 23.1. The first-order valence-electron chi connectivity index (χ1n) is 13.9. The van der Waals surface area contributed by atoms with E-state index in [4.69, 9.17) is 17.3 Å². The predicted molar refractivity (Wildman–Crippen MR) is 166 cm³/mol. The van der Waals surface area contributed by atoms with Crippen LogP contribution >= 0.6 is 23.1 Å². The fraction of sp³-hybridized carbons (Fsp3) is 0.167. The molecule has 49 heavy (non-hydrogen) atoms. The van der Waals surface area contributed by atoms with Crippen LogP contribution in [0.15, 0.2) is 48.7 Å². The van der Waals surface area contributed by atoms with Gasteiger partial charge in [0.1, 0.15) is 35.0 Å². The second-order valence-corrected chi connectivity index (χ2v) is 12.2. The van der Waals surface area contributed by atoms with Crippen LogP contribution in [-0.4, -0.2) is 42.5 Å². The number of carbonyl (C=O) groups is 4. The SMILES string of the molecule is C[C@@]1(c2c(NC(=O)c3nsc4ccc(F)cc34)nc(C(=O)NCc3ccc(C(F)(F)F)nc3)n2CC(N)=O)C(=O)Nc2c(F)cc(Cl)cc21. The van der Waals surface area contributed by atoms with Crippen molar-refractivity contribution in [2.45, 2.75) is 31.6 Å². The lowest BCUT2D eigenvalue weighted by Gasteiger charge is -2.26. The summed E-state index contributed by atoms with van der Waals surface area (Å²) in [6, 6.07) is 7.72. The number of primary amides is 1. The Labute approximate surface area is 280 Å². The number of imidazole rings is 1. The zero-order chi connectivity index (χ0) is 35.4. The third-order valence-corrected chi connectivity index (χ3v) is 8.74. The highest BCUT2D eigenvalue weighted by atomic mass is 35.5. The van der Waals surface area contributed by atoms with Crippen LogP contribution < -0.4 is 21.7 Å². The molecule has 0 saturated heterocycles. The van der Waals surface area contributed by atoms with Crippen LogP contribution in [-0.2, 0) is 34.3 Å². The number of carbonyl (C=O) groups excluding carboxylic acids is 4. The van der Waals surface area contributed by atoms with Crippen LogP contribution in [0, 0.1) is 11.6 Å². The number of anilines is 2. The number of amides is 4. The molecule has 12 nitrogen and oxygen atoms in total. The summed E-state index contributed by atoms with van der Waals surface area (Å²) in [6.07, 6.45) is -3.79. The van der Waals surface area contributed by atoms with E-state index in [-0.39, 0.29) is 45.2 Å². The molecular weight excluding hydrogens is 699 g/mol. The topological polar surface area (TPSA) is 174 Å². The van der Waals surface area contributed by atoms with E-state index < -0.39 is 70.7 Å². The molecule has 0 saturated carbocycles. The number of nitrogens with zero attached hydrogens (tertiary/aromatic N) is 4. The summed E-state index contributed by atoms with van der Waals surface area (Å²) < 4.78 is 73.5. The Morgan fingerprint density at radius 1 is 1.10 bits per heavy atom. The van der Waals surface area contributed by atoms with Crippen LogP contribution in [0.4, 0.5) is 33.5 Å². The van der Waals surface area contributed by atoms with Crippen molar-refractivity contribution in [1.29, 1.82) is 0 Å². The van der Waals surface area contributed by atoms with Gasteiger partial charge in [0, 0.05) is 28.7 Å². The van der Waals surface area contributed by atoms with E-state index in [0.717, 1.165) is 46.6 Å². The number of fused-ring (bicyclic) bond motifs is 2.